The highest BCUT2D eigenvalue weighted by Crippen LogP contribution is 2.42. The molecule has 0 unspecified atom stereocenters. The number of methoxy groups -OCH3 is 2. The molecule has 1 aliphatic heterocycles. The molecule has 2 saturated carbocycles. The second kappa shape index (κ2) is 17.4. The third-order valence-electron chi connectivity index (χ3n) is 11.0. The van der Waals surface area contributed by atoms with Crippen LogP contribution in [0.2, 0.25) is 0 Å². The van der Waals surface area contributed by atoms with Gasteiger partial charge in [0.25, 0.3) is 0 Å². The van der Waals surface area contributed by atoms with E-state index < -0.39 is 36.4 Å². The number of likely N-dealkylation sites (tertiary alicyclic amines) is 1. The number of amides is 3. The lowest BCUT2D eigenvalue weighted by Gasteiger charge is -2.38. The standard InChI is InChI=1S/C39H56FN3O9/c1-23(48-5)22-50-37(46)33-20-27-19-28(13-16-32(27)51-33)41-35(44)34-30(24-11-14-29(49-6)15-12-24)17-18-43(34)36(45)26-9-7-25(8-10-26)31(21-40)42-38(47)52-39(2,3)4/h13,16,19-20,23-26,29-31,34H,7-12,14-15,17-18,21-22H2,1-6H3,(H,41,44)(H,42,47)/t23-,24-,25-,26-,29-,30+,31-,34+/m1/s1. The Balaban J connectivity index is 1.27. The van der Waals surface area contributed by atoms with E-state index in [-0.39, 0.29) is 60.1 Å². The Labute approximate surface area is 305 Å². The van der Waals surface area contributed by atoms with Gasteiger partial charge in [0.1, 0.15) is 30.5 Å². The van der Waals surface area contributed by atoms with E-state index in [1.165, 1.54) is 7.11 Å². The number of alkyl carbamates (subject to hydrolysis) is 1. The van der Waals surface area contributed by atoms with Gasteiger partial charge in [0.2, 0.25) is 17.6 Å². The number of nitrogens with zero attached hydrogens (tertiary/aromatic N) is 1. The van der Waals surface area contributed by atoms with Crippen molar-refractivity contribution in [3.63, 3.8) is 0 Å². The summed E-state index contributed by atoms with van der Waals surface area (Å²) in [5, 5.41) is 6.39. The molecule has 4 atom stereocenters. The van der Waals surface area contributed by atoms with Crippen molar-refractivity contribution in [3.8, 4) is 0 Å². The largest absolute Gasteiger partial charge is 0.457 e. The fraction of sp³-hybridized carbons (Fsp3) is 0.692. The maximum Gasteiger partial charge on any atom is 0.407 e. The van der Waals surface area contributed by atoms with Crippen LogP contribution in [-0.2, 0) is 28.5 Å². The SMILES string of the molecule is CO[C@H](C)COC(=O)c1cc2cc(NC(=O)[C@@H]3[C@H]([C@H]4CC[C@H](OC)CC4)CCN3C(=O)[C@H]3CC[C@H]([C@@H](CF)NC(=O)OC(C)(C)C)CC3)ccc2o1. The number of hydrogen-bond donors (Lipinski definition) is 2. The third kappa shape index (κ3) is 9.83. The second-order valence-corrected chi connectivity index (χ2v) is 15.7. The molecule has 3 fully saturated rings. The van der Waals surface area contributed by atoms with Gasteiger partial charge in [-0.15, -0.1) is 0 Å². The summed E-state index contributed by atoms with van der Waals surface area (Å²) in [5.74, 6) is -0.958. The number of halogens is 1. The maximum atomic E-state index is 14.3. The summed E-state index contributed by atoms with van der Waals surface area (Å²) in [4.78, 5) is 55.2. The van der Waals surface area contributed by atoms with Gasteiger partial charge < -0.3 is 38.9 Å². The highest BCUT2D eigenvalue weighted by atomic mass is 19.1. The number of alkyl halides is 1. The number of carbonyl (C=O) groups is 4. The van der Waals surface area contributed by atoms with Crippen LogP contribution in [0.15, 0.2) is 28.7 Å². The number of esters is 1. The van der Waals surface area contributed by atoms with Crippen LogP contribution >= 0.6 is 0 Å². The van der Waals surface area contributed by atoms with E-state index in [0.717, 1.165) is 32.1 Å². The van der Waals surface area contributed by atoms with Crippen molar-refractivity contribution in [3.05, 3.63) is 30.0 Å². The molecule has 1 aromatic carbocycles. The number of hydrogen-bond acceptors (Lipinski definition) is 9. The summed E-state index contributed by atoms with van der Waals surface area (Å²) in [6.45, 7) is 6.93. The molecule has 0 bridgehead atoms. The van der Waals surface area contributed by atoms with Gasteiger partial charge in [0.05, 0.1) is 18.2 Å². The van der Waals surface area contributed by atoms with E-state index in [2.05, 4.69) is 10.6 Å². The average Bonchev–Trinajstić information content (AvgIpc) is 3.77. The van der Waals surface area contributed by atoms with Crippen molar-refractivity contribution in [2.75, 3.05) is 39.4 Å². The molecule has 2 aromatic rings. The number of fused-ring (bicyclic) bond motifs is 1. The summed E-state index contributed by atoms with van der Waals surface area (Å²) >= 11 is 0. The Morgan fingerprint density at radius 1 is 0.981 bits per heavy atom. The molecule has 288 valence electrons. The number of anilines is 1. The summed E-state index contributed by atoms with van der Waals surface area (Å²) in [6, 6.07) is 5.42. The Kier molecular flexibility index (Phi) is 13.2. The van der Waals surface area contributed by atoms with Gasteiger partial charge in [-0.1, -0.05) is 0 Å². The molecule has 2 aliphatic carbocycles. The van der Waals surface area contributed by atoms with Gasteiger partial charge in [-0.25, -0.2) is 14.0 Å². The van der Waals surface area contributed by atoms with Crippen molar-refractivity contribution in [2.45, 2.75) is 115 Å². The van der Waals surface area contributed by atoms with E-state index in [0.29, 0.717) is 48.9 Å². The lowest BCUT2D eigenvalue weighted by atomic mass is 9.75. The summed E-state index contributed by atoms with van der Waals surface area (Å²) in [6.07, 6.45) is 6.02. The van der Waals surface area contributed by atoms with Crippen LogP contribution in [0.3, 0.4) is 0 Å². The summed E-state index contributed by atoms with van der Waals surface area (Å²) in [7, 11) is 3.27. The zero-order chi connectivity index (χ0) is 37.6. The van der Waals surface area contributed by atoms with Crippen LogP contribution in [-0.4, -0.2) is 92.7 Å². The first-order valence-corrected chi connectivity index (χ1v) is 18.7. The van der Waals surface area contributed by atoms with Gasteiger partial charge in [-0.2, -0.15) is 0 Å². The van der Waals surface area contributed by atoms with Crippen molar-refractivity contribution in [1.29, 1.82) is 0 Å². The fourth-order valence-corrected chi connectivity index (χ4v) is 8.16. The Hall–Kier alpha value is -3.71. The summed E-state index contributed by atoms with van der Waals surface area (Å²) < 4.78 is 41.2. The number of nitrogens with one attached hydrogen (secondary N) is 2. The third-order valence-corrected chi connectivity index (χ3v) is 11.0. The van der Waals surface area contributed by atoms with Crippen molar-refractivity contribution in [1.82, 2.24) is 10.2 Å². The first kappa shape index (κ1) is 39.5. The first-order valence-electron chi connectivity index (χ1n) is 18.7. The van der Waals surface area contributed by atoms with Crippen LogP contribution < -0.4 is 10.6 Å². The van der Waals surface area contributed by atoms with Crippen molar-refractivity contribution in [2.24, 2.45) is 23.7 Å². The molecule has 52 heavy (non-hydrogen) atoms. The fourth-order valence-electron chi connectivity index (χ4n) is 8.16. The van der Waals surface area contributed by atoms with Crippen molar-refractivity contribution >= 4 is 40.5 Å². The van der Waals surface area contributed by atoms with E-state index in [1.54, 1.807) is 64.0 Å². The van der Waals surface area contributed by atoms with Gasteiger partial charge in [-0.3, -0.25) is 9.59 Å². The second-order valence-electron chi connectivity index (χ2n) is 15.7. The molecule has 0 spiro atoms. The molecule has 13 heteroatoms. The highest BCUT2D eigenvalue weighted by molar-refractivity contribution is 6.00. The average molecular weight is 730 g/mol. The zero-order valence-electron chi connectivity index (χ0n) is 31.4. The number of benzene rings is 1. The number of ether oxygens (including phenoxy) is 4. The maximum absolute atomic E-state index is 14.3. The predicted octanol–water partition coefficient (Wildman–Crippen LogP) is 6.65. The smallest absolute Gasteiger partial charge is 0.407 e. The quantitative estimate of drug-likeness (QED) is 0.229. The topological polar surface area (TPSA) is 146 Å². The lowest BCUT2D eigenvalue weighted by molar-refractivity contribution is -0.142. The lowest BCUT2D eigenvalue weighted by Crippen LogP contribution is -2.50. The Bertz CT molecular complexity index is 1540. The van der Waals surface area contributed by atoms with Gasteiger partial charge in [0.15, 0.2) is 0 Å². The minimum Gasteiger partial charge on any atom is -0.457 e. The highest BCUT2D eigenvalue weighted by Gasteiger charge is 2.47. The van der Waals surface area contributed by atoms with Crippen LogP contribution in [0.25, 0.3) is 11.0 Å². The minimum atomic E-state index is -0.715. The Morgan fingerprint density at radius 2 is 1.69 bits per heavy atom. The molecule has 12 nitrogen and oxygen atoms in total. The molecule has 2 N–H and O–H groups in total. The van der Waals surface area contributed by atoms with Gasteiger partial charge >= 0.3 is 12.1 Å². The zero-order valence-corrected chi connectivity index (χ0v) is 31.4. The van der Waals surface area contributed by atoms with Gasteiger partial charge in [0, 0.05) is 37.8 Å². The molecule has 1 saturated heterocycles. The Morgan fingerprint density at radius 3 is 2.33 bits per heavy atom. The van der Waals surface area contributed by atoms with Crippen LogP contribution in [0, 0.1) is 23.7 Å². The molecular formula is C39H56FN3O9. The molecule has 1 aromatic heterocycles. The number of furan rings is 1. The van der Waals surface area contributed by atoms with Crippen LogP contribution in [0.5, 0.6) is 0 Å². The van der Waals surface area contributed by atoms with Crippen LogP contribution in [0.1, 0.15) is 96.0 Å². The van der Waals surface area contributed by atoms with Crippen LogP contribution in [0.4, 0.5) is 14.9 Å². The monoisotopic (exact) mass is 729 g/mol. The molecule has 3 amide bonds. The van der Waals surface area contributed by atoms with E-state index >= 15 is 0 Å². The minimum absolute atomic E-state index is 0.000522. The molecular weight excluding hydrogens is 673 g/mol. The molecule has 0 radical (unpaired) electrons. The summed E-state index contributed by atoms with van der Waals surface area (Å²) in [5.41, 5.74) is 0.313. The van der Waals surface area contributed by atoms with E-state index in [1.807, 2.05) is 0 Å². The van der Waals surface area contributed by atoms with E-state index in [9.17, 15) is 23.6 Å². The molecule has 5 rings (SSSR count). The normalized spacial score (nSPS) is 26.4. The number of rotatable bonds is 12. The molecule has 3 aliphatic rings. The molecule has 2 heterocycles. The van der Waals surface area contributed by atoms with E-state index in [4.69, 9.17) is 23.4 Å². The predicted molar refractivity (Wildman–Crippen MR) is 193 cm³/mol. The number of carbonyl (C=O) groups excluding carboxylic acids is 4. The van der Waals surface area contributed by atoms with Crippen molar-refractivity contribution < 1.29 is 46.9 Å². The van der Waals surface area contributed by atoms with Gasteiger partial charge in [-0.05, 0) is 128 Å². The first-order chi connectivity index (χ1) is 24.8.